The molecule has 4 rings (SSSR count). The largest absolute Gasteiger partial charge is 0.394 e. The van der Waals surface area contributed by atoms with Crippen LogP contribution in [0, 0.1) is 25.7 Å². The molecule has 39 heavy (non-hydrogen) atoms. The number of fused-ring (bicyclic) bond motifs is 1. The summed E-state index contributed by atoms with van der Waals surface area (Å²) in [7, 11) is 0. The highest BCUT2D eigenvalue weighted by Crippen LogP contribution is 2.72. The summed E-state index contributed by atoms with van der Waals surface area (Å²) in [4.78, 5) is 48.3. The number of likely N-dealkylation sites (tertiary alicyclic amines) is 1. The van der Waals surface area contributed by atoms with Crippen LogP contribution in [0.1, 0.15) is 51.2 Å². The van der Waals surface area contributed by atoms with Crippen LogP contribution in [0.3, 0.4) is 0 Å². The summed E-state index contributed by atoms with van der Waals surface area (Å²) < 4.78 is -1.18. The molecule has 212 valence electrons. The van der Waals surface area contributed by atoms with Crippen LogP contribution in [-0.2, 0) is 14.4 Å². The average molecular weight is 554 g/mol. The lowest BCUT2D eigenvalue weighted by Crippen LogP contribution is -2.57. The fraction of sp³-hybridized carbons (Fsp3) is 0.581. The molecule has 3 amide bonds. The number of aryl methyl sites for hydroxylation is 2. The second-order valence-corrected chi connectivity index (χ2v) is 13.5. The molecule has 6 atom stereocenters. The number of hydrogen-bond donors (Lipinski definition) is 1. The van der Waals surface area contributed by atoms with E-state index in [4.69, 9.17) is 0 Å². The molecular weight excluding hydrogens is 510 g/mol. The molecule has 7 nitrogen and oxygen atoms in total. The smallest absolute Gasteiger partial charge is 0.251 e. The molecular formula is C31H43N3O4S. The fourth-order valence-corrected chi connectivity index (χ4v) is 9.42. The fourth-order valence-electron chi connectivity index (χ4n) is 7.09. The Kier molecular flexibility index (Phi) is 8.39. The van der Waals surface area contributed by atoms with Gasteiger partial charge in [-0.3, -0.25) is 14.4 Å². The second-order valence-electron chi connectivity index (χ2n) is 11.6. The van der Waals surface area contributed by atoms with Crippen LogP contribution in [0.4, 0.5) is 5.69 Å². The SMILES string of the molecule is C=CCN(CCC)C(=O)[C@H]1[C@H]2C(=O)N([C@H](C)CO)C(C(=O)N(CC=C)c3cc(C)ccc3C)C23CC[C@]1(C)S3. The standard InChI is InChI=1S/C31H43N3O4S/c1-8-15-32(16-9-2)27(36)24-25-28(37)34(22(6)19-35)26(31(25)14-13-30(24,7)39-31)29(38)33(17-10-3)23-18-20(4)11-12-21(23)5/h8,10-12,18,22,24-26,35H,1,3,9,13-17,19H2,2,4-7H3/t22-,24-,25+,26?,30+,31?/m1/s1. The molecule has 0 radical (unpaired) electrons. The molecule has 8 heteroatoms. The van der Waals surface area contributed by atoms with Crippen molar-refractivity contribution in [2.45, 2.75) is 75.5 Å². The third-order valence-electron chi connectivity index (χ3n) is 8.84. The molecule has 1 aromatic carbocycles. The monoisotopic (exact) mass is 553 g/mol. The van der Waals surface area contributed by atoms with E-state index in [0.717, 1.165) is 29.7 Å². The van der Waals surface area contributed by atoms with E-state index >= 15 is 0 Å². The van der Waals surface area contributed by atoms with Crippen LogP contribution < -0.4 is 4.90 Å². The molecule has 2 bridgehead atoms. The third kappa shape index (κ3) is 4.63. The minimum atomic E-state index is -0.791. The van der Waals surface area contributed by atoms with Gasteiger partial charge in [0.15, 0.2) is 0 Å². The molecule has 0 saturated carbocycles. The zero-order chi connectivity index (χ0) is 28.7. The number of nitrogens with zero attached hydrogens (tertiary/aromatic N) is 3. The van der Waals surface area contributed by atoms with Gasteiger partial charge < -0.3 is 19.8 Å². The minimum Gasteiger partial charge on any atom is -0.394 e. The van der Waals surface area contributed by atoms with Gasteiger partial charge in [0.2, 0.25) is 11.8 Å². The van der Waals surface area contributed by atoms with E-state index in [0.29, 0.717) is 26.1 Å². The number of aliphatic hydroxyl groups excluding tert-OH is 1. The zero-order valence-corrected chi connectivity index (χ0v) is 24.8. The maximum absolute atomic E-state index is 14.7. The summed E-state index contributed by atoms with van der Waals surface area (Å²) in [5, 5.41) is 10.2. The molecule has 3 fully saturated rings. The highest BCUT2D eigenvalue weighted by atomic mass is 32.2. The van der Waals surface area contributed by atoms with Gasteiger partial charge in [0.05, 0.1) is 29.2 Å². The Bertz CT molecular complexity index is 1170. The summed E-state index contributed by atoms with van der Waals surface area (Å²) in [6.45, 7) is 18.7. The maximum Gasteiger partial charge on any atom is 0.251 e. The van der Waals surface area contributed by atoms with Crippen molar-refractivity contribution in [1.29, 1.82) is 0 Å². The lowest BCUT2D eigenvalue weighted by atomic mass is 9.66. The molecule has 0 aromatic heterocycles. The number of carbonyl (C=O) groups excluding carboxylic acids is 3. The van der Waals surface area contributed by atoms with Gasteiger partial charge in [-0.15, -0.1) is 24.9 Å². The predicted molar refractivity (Wildman–Crippen MR) is 158 cm³/mol. The van der Waals surface area contributed by atoms with Gasteiger partial charge in [-0.25, -0.2) is 0 Å². The van der Waals surface area contributed by atoms with E-state index in [-0.39, 0.29) is 24.3 Å². The number of hydrogen-bond acceptors (Lipinski definition) is 5. The highest BCUT2D eigenvalue weighted by Gasteiger charge is 2.77. The van der Waals surface area contributed by atoms with Crippen molar-refractivity contribution < 1.29 is 19.5 Å². The van der Waals surface area contributed by atoms with Gasteiger partial charge in [0, 0.05) is 30.1 Å². The normalized spacial score (nSPS) is 29.7. The first-order valence-corrected chi connectivity index (χ1v) is 14.8. The molecule has 2 unspecified atom stereocenters. The molecule has 1 spiro atoms. The first-order valence-electron chi connectivity index (χ1n) is 14.0. The zero-order valence-electron chi connectivity index (χ0n) is 24.0. The van der Waals surface area contributed by atoms with Gasteiger partial charge in [-0.05, 0) is 64.2 Å². The van der Waals surface area contributed by atoms with Crippen molar-refractivity contribution in [3.8, 4) is 0 Å². The number of anilines is 1. The Labute approximate surface area is 237 Å². The van der Waals surface area contributed by atoms with Gasteiger partial charge >= 0.3 is 0 Å². The van der Waals surface area contributed by atoms with Crippen LogP contribution >= 0.6 is 11.8 Å². The first kappa shape index (κ1) is 29.4. The van der Waals surface area contributed by atoms with E-state index < -0.39 is 33.4 Å². The lowest BCUT2D eigenvalue weighted by Gasteiger charge is -2.39. The van der Waals surface area contributed by atoms with Crippen LogP contribution in [-0.4, -0.2) is 80.4 Å². The number of amides is 3. The van der Waals surface area contributed by atoms with E-state index in [1.807, 2.05) is 39.0 Å². The molecule has 3 heterocycles. The van der Waals surface area contributed by atoms with Crippen LogP contribution in [0.2, 0.25) is 0 Å². The lowest BCUT2D eigenvalue weighted by molar-refractivity contribution is -0.146. The quantitative estimate of drug-likeness (QED) is 0.417. The second kappa shape index (κ2) is 11.1. The number of benzene rings is 1. The van der Waals surface area contributed by atoms with Gasteiger partial charge in [-0.1, -0.05) is 31.2 Å². The molecule has 1 aromatic rings. The van der Waals surface area contributed by atoms with Gasteiger partial charge in [0.1, 0.15) is 6.04 Å². The number of thioether (sulfide) groups is 1. The van der Waals surface area contributed by atoms with Crippen molar-refractivity contribution in [2.75, 3.05) is 31.1 Å². The maximum atomic E-state index is 14.7. The Hall–Kier alpha value is -2.58. The third-order valence-corrected chi connectivity index (χ3v) is 10.8. The number of rotatable bonds is 11. The minimum absolute atomic E-state index is 0.0335. The van der Waals surface area contributed by atoms with Crippen LogP contribution in [0.5, 0.6) is 0 Å². The summed E-state index contributed by atoms with van der Waals surface area (Å²) in [5.74, 6) is -1.56. The molecule has 3 saturated heterocycles. The average Bonchev–Trinajstić information content (AvgIpc) is 3.48. The van der Waals surface area contributed by atoms with E-state index in [9.17, 15) is 19.5 Å². The van der Waals surface area contributed by atoms with E-state index in [1.54, 1.807) is 45.5 Å². The van der Waals surface area contributed by atoms with Crippen LogP contribution in [0.25, 0.3) is 0 Å². The summed E-state index contributed by atoms with van der Waals surface area (Å²) >= 11 is 1.66. The Morgan fingerprint density at radius 2 is 1.90 bits per heavy atom. The van der Waals surface area contributed by atoms with E-state index in [2.05, 4.69) is 20.1 Å². The Morgan fingerprint density at radius 3 is 2.51 bits per heavy atom. The summed E-state index contributed by atoms with van der Waals surface area (Å²) in [5.41, 5.74) is 2.78. The molecule has 3 aliphatic heterocycles. The van der Waals surface area contributed by atoms with Gasteiger partial charge in [0.25, 0.3) is 5.91 Å². The number of carbonyl (C=O) groups is 3. The highest BCUT2D eigenvalue weighted by molar-refractivity contribution is 8.02. The Morgan fingerprint density at radius 1 is 1.21 bits per heavy atom. The predicted octanol–water partition coefficient (Wildman–Crippen LogP) is 4.11. The molecule has 3 aliphatic rings. The van der Waals surface area contributed by atoms with Crippen molar-refractivity contribution >= 4 is 35.2 Å². The molecule has 0 aliphatic carbocycles. The van der Waals surface area contributed by atoms with E-state index in [1.165, 1.54) is 0 Å². The van der Waals surface area contributed by atoms with Gasteiger partial charge in [-0.2, -0.15) is 0 Å². The van der Waals surface area contributed by atoms with Crippen molar-refractivity contribution in [2.24, 2.45) is 11.8 Å². The summed E-state index contributed by atoms with van der Waals surface area (Å²) in [6.07, 6.45) is 5.66. The molecule has 1 N–H and O–H groups in total. The van der Waals surface area contributed by atoms with Crippen molar-refractivity contribution in [3.05, 3.63) is 54.6 Å². The van der Waals surface area contributed by atoms with Crippen molar-refractivity contribution in [3.63, 3.8) is 0 Å². The van der Waals surface area contributed by atoms with Crippen LogP contribution in [0.15, 0.2) is 43.5 Å². The first-order chi connectivity index (χ1) is 18.5. The topological polar surface area (TPSA) is 81.2 Å². The number of aliphatic hydroxyl groups is 1. The van der Waals surface area contributed by atoms with Crippen molar-refractivity contribution in [1.82, 2.24) is 9.80 Å². The summed E-state index contributed by atoms with van der Waals surface area (Å²) in [6, 6.07) is 4.66. The Balaban J connectivity index is 1.84.